The highest BCUT2D eigenvalue weighted by atomic mass is 15.2. The number of nitrogens with one attached hydrogen (secondary N) is 1. The topological polar surface area (TPSA) is 88.7 Å². The number of fused-ring (bicyclic) bond motifs is 2. The van der Waals surface area contributed by atoms with Gasteiger partial charge in [0, 0.05) is 31.2 Å². The van der Waals surface area contributed by atoms with Gasteiger partial charge in [-0.1, -0.05) is 33.3 Å². The lowest BCUT2D eigenvalue weighted by atomic mass is 9.87. The molecule has 4 aromatic rings. The summed E-state index contributed by atoms with van der Waals surface area (Å²) < 4.78 is 2.36. The van der Waals surface area contributed by atoms with Gasteiger partial charge in [0.15, 0.2) is 0 Å². The van der Waals surface area contributed by atoms with E-state index in [1.807, 2.05) is 0 Å². The van der Waals surface area contributed by atoms with Crippen LogP contribution in [0, 0.1) is 5.92 Å². The van der Waals surface area contributed by atoms with Crippen LogP contribution in [-0.2, 0) is 11.8 Å². The molecule has 1 aliphatic rings. The fourth-order valence-corrected chi connectivity index (χ4v) is 5.97. The molecular formula is C30H43N7. The first-order chi connectivity index (χ1) is 17.7. The number of nitrogen functional groups attached to an aromatic ring is 1. The van der Waals surface area contributed by atoms with Gasteiger partial charge in [-0.15, -0.1) is 0 Å². The van der Waals surface area contributed by atoms with Crippen molar-refractivity contribution in [1.29, 1.82) is 0 Å². The van der Waals surface area contributed by atoms with Crippen LogP contribution in [0.15, 0.2) is 36.8 Å². The minimum Gasteiger partial charge on any atom is -0.383 e. The third-order valence-corrected chi connectivity index (χ3v) is 8.22. The number of rotatable bonds is 9. The molecule has 1 unspecified atom stereocenters. The van der Waals surface area contributed by atoms with Crippen LogP contribution >= 0.6 is 0 Å². The Labute approximate surface area is 220 Å². The molecule has 3 heterocycles. The smallest absolute Gasteiger partial charge is 0.145 e. The van der Waals surface area contributed by atoms with Gasteiger partial charge in [0.1, 0.15) is 23.6 Å². The average molecular weight is 502 g/mol. The number of hydrogen-bond acceptors (Lipinski definition) is 5. The first kappa shape index (κ1) is 25.7. The number of nitrogens with two attached hydrogens (primary N) is 1. The molecule has 0 saturated heterocycles. The van der Waals surface area contributed by atoms with E-state index in [2.05, 4.69) is 89.5 Å². The van der Waals surface area contributed by atoms with Gasteiger partial charge < -0.3 is 20.2 Å². The highest BCUT2D eigenvalue weighted by molar-refractivity contribution is 5.86. The molecular weight excluding hydrogens is 458 g/mol. The van der Waals surface area contributed by atoms with Crippen molar-refractivity contribution < 1.29 is 0 Å². The molecule has 1 aromatic carbocycles. The minimum absolute atomic E-state index is 0.146. The number of unbranched alkanes of at least 4 members (excludes halogenated alkanes) is 1. The Morgan fingerprint density at radius 2 is 1.97 bits per heavy atom. The summed E-state index contributed by atoms with van der Waals surface area (Å²) in [6.45, 7) is 13.7. The first-order valence-electron chi connectivity index (χ1n) is 14.0. The Kier molecular flexibility index (Phi) is 7.26. The van der Waals surface area contributed by atoms with Crippen molar-refractivity contribution in [1.82, 2.24) is 29.4 Å². The number of imidazole rings is 1. The maximum Gasteiger partial charge on any atom is 0.145 e. The molecule has 1 aliphatic carbocycles. The lowest BCUT2D eigenvalue weighted by Crippen LogP contribution is -2.37. The predicted octanol–water partition coefficient (Wildman–Crippen LogP) is 6.26. The molecule has 1 saturated carbocycles. The van der Waals surface area contributed by atoms with E-state index in [9.17, 15) is 0 Å². The maximum atomic E-state index is 6.10. The molecule has 2 atom stereocenters. The summed E-state index contributed by atoms with van der Waals surface area (Å²) in [4.78, 5) is 19.8. The summed E-state index contributed by atoms with van der Waals surface area (Å²) in [5.41, 5.74) is 10.8. The van der Waals surface area contributed by atoms with E-state index >= 15 is 0 Å². The van der Waals surface area contributed by atoms with Gasteiger partial charge in [0.2, 0.25) is 0 Å². The van der Waals surface area contributed by atoms with Crippen molar-refractivity contribution >= 4 is 27.9 Å². The Morgan fingerprint density at radius 3 is 2.76 bits per heavy atom. The van der Waals surface area contributed by atoms with Crippen LogP contribution in [-0.4, -0.2) is 48.5 Å². The van der Waals surface area contributed by atoms with Gasteiger partial charge in [-0.3, -0.25) is 0 Å². The summed E-state index contributed by atoms with van der Waals surface area (Å²) in [7, 11) is 0. The van der Waals surface area contributed by atoms with Gasteiger partial charge in [0.05, 0.1) is 16.4 Å². The fourth-order valence-electron chi connectivity index (χ4n) is 5.97. The molecule has 7 heteroatoms. The van der Waals surface area contributed by atoms with Crippen LogP contribution in [0.3, 0.4) is 0 Å². The van der Waals surface area contributed by atoms with Gasteiger partial charge in [0.25, 0.3) is 0 Å². The molecule has 0 radical (unpaired) electrons. The van der Waals surface area contributed by atoms with E-state index in [-0.39, 0.29) is 5.41 Å². The maximum absolute atomic E-state index is 6.10. The Morgan fingerprint density at radius 1 is 1.14 bits per heavy atom. The van der Waals surface area contributed by atoms with Crippen LogP contribution in [0.25, 0.3) is 22.1 Å². The largest absolute Gasteiger partial charge is 0.383 e. The molecule has 0 spiro atoms. The molecule has 5 rings (SSSR count). The van der Waals surface area contributed by atoms with Crippen LogP contribution < -0.4 is 5.73 Å². The molecule has 37 heavy (non-hydrogen) atoms. The number of anilines is 1. The van der Waals surface area contributed by atoms with Crippen molar-refractivity contribution in [3.05, 3.63) is 48.2 Å². The Hall–Kier alpha value is -2.93. The highest BCUT2D eigenvalue weighted by Gasteiger charge is 2.31. The second-order valence-corrected chi connectivity index (χ2v) is 12.2. The SMILES string of the molecule is CC(C)N(CCCCc1nc2ccc(C(C)(C)C)cc2[nH]1)C[C@H]1CCCC1n1ccc2c(N)ncnc21. The number of aromatic amines is 1. The third kappa shape index (κ3) is 5.52. The number of hydrogen-bond donors (Lipinski definition) is 2. The number of aryl methyl sites for hydroxylation is 1. The van der Waals surface area contributed by atoms with Gasteiger partial charge in [-0.25, -0.2) is 15.0 Å². The molecule has 3 N–H and O–H groups in total. The number of nitrogens with zero attached hydrogens (tertiary/aromatic N) is 5. The van der Waals surface area contributed by atoms with E-state index in [1.165, 1.54) is 31.2 Å². The van der Waals surface area contributed by atoms with Crippen LogP contribution in [0.2, 0.25) is 0 Å². The molecule has 198 valence electrons. The Balaban J connectivity index is 1.18. The van der Waals surface area contributed by atoms with Gasteiger partial charge in [-0.05, 0) is 81.2 Å². The summed E-state index contributed by atoms with van der Waals surface area (Å²) >= 11 is 0. The average Bonchev–Trinajstić information content (AvgIpc) is 3.57. The fraction of sp³-hybridized carbons (Fsp3) is 0.567. The monoisotopic (exact) mass is 501 g/mol. The highest BCUT2D eigenvalue weighted by Crippen LogP contribution is 2.39. The van der Waals surface area contributed by atoms with Crippen LogP contribution in [0.4, 0.5) is 5.82 Å². The van der Waals surface area contributed by atoms with E-state index in [0.717, 1.165) is 53.8 Å². The van der Waals surface area contributed by atoms with Crippen molar-refractivity contribution in [3.8, 4) is 0 Å². The van der Waals surface area contributed by atoms with Crippen molar-refractivity contribution in [3.63, 3.8) is 0 Å². The van der Waals surface area contributed by atoms with Crippen LogP contribution in [0.5, 0.6) is 0 Å². The first-order valence-corrected chi connectivity index (χ1v) is 14.0. The summed E-state index contributed by atoms with van der Waals surface area (Å²) in [5.74, 6) is 2.30. The molecule has 3 aromatic heterocycles. The number of H-pyrrole nitrogens is 1. The quantitative estimate of drug-likeness (QED) is 0.264. The number of benzene rings is 1. The Bertz CT molecular complexity index is 1340. The van der Waals surface area contributed by atoms with E-state index in [0.29, 0.717) is 23.8 Å². The second kappa shape index (κ2) is 10.4. The summed E-state index contributed by atoms with van der Waals surface area (Å²) in [6.07, 6.45) is 10.8. The summed E-state index contributed by atoms with van der Waals surface area (Å²) in [6, 6.07) is 9.70. The lowest BCUT2D eigenvalue weighted by Gasteiger charge is -2.32. The van der Waals surface area contributed by atoms with E-state index in [1.54, 1.807) is 6.33 Å². The van der Waals surface area contributed by atoms with Crippen LogP contribution in [0.1, 0.15) is 84.2 Å². The second-order valence-electron chi connectivity index (χ2n) is 12.2. The van der Waals surface area contributed by atoms with Gasteiger partial charge in [-0.2, -0.15) is 0 Å². The lowest BCUT2D eigenvalue weighted by molar-refractivity contribution is 0.167. The molecule has 0 amide bonds. The van der Waals surface area contributed by atoms with E-state index < -0.39 is 0 Å². The normalized spacial score (nSPS) is 18.7. The zero-order valence-corrected chi connectivity index (χ0v) is 23.2. The van der Waals surface area contributed by atoms with Crippen molar-refractivity contribution in [2.75, 3.05) is 18.8 Å². The van der Waals surface area contributed by atoms with Gasteiger partial charge >= 0.3 is 0 Å². The van der Waals surface area contributed by atoms with Crippen molar-refractivity contribution in [2.24, 2.45) is 5.92 Å². The zero-order valence-electron chi connectivity index (χ0n) is 23.2. The molecule has 0 bridgehead atoms. The predicted molar refractivity (Wildman–Crippen MR) is 153 cm³/mol. The van der Waals surface area contributed by atoms with E-state index in [4.69, 9.17) is 10.7 Å². The van der Waals surface area contributed by atoms with Crippen molar-refractivity contribution in [2.45, 2.75) is 90.6 Å². The number of aromatic nitrogens is 5. The molecule has 0 aliphatic heterocycles. The molecule has 7 nitrogen and oxygen atoms in total. The summed E-state index contributed by atoms with van der Waals surface area (Å²) in [5, 5.41) is 0.967. The standard InChI is InChI=1S/C30H43N7/c1-20(2)36(15-7-6-11-27-34-24-13-12-22(30(3,4)5)17-25(24)35-27)18-21-9-8-10-26(21)37-16-14-23-28(31)32-19-33-29(23)37/h12-14,16-17,19-21,26H,6-11,15,18H2,1-5H3,(H,34,35)(H2,31,32,33)/t21-,26?/m1/s1. The third-order valence-electron chi connectivity index (χ3n) is 8.22. The minimum atomic E-state index is 0.146. The zero-order chi connectivity index (χ0) is 26.2. The molecule has 1 fully saturated rings.